The summed E-state index contributed by atoms with van der Waals surface area (Å²) in [5.41, 5.74) is 10.6. The molecule has 0 unspecified atom stereocenters. The van der Waals surface area contributed by atoms with Crippen LogP contribution in [0.4, 0.5) is 5.69 Å². The van der Waals surface area contributed by atoms with Gasteiger partial charge >= 0.3 is 0 Å². The van der Waals surface area contributed by atoms with Crippen LogP contribution in [0.5, 0.6) is 0 Å². The minimum atomic E-state index is 0.604. The van der Waals surface area contributed by atoms with E-state index in [0.717, 1.165) is 31.7 Å². The molecule has 2 aromatic carbocycles. The molecule has 0 radical (unpaired) electrons. The Morgan fingerprint density at radius 3 is 2.65 bits per heavy atom. The van der Waals surface area contributed by atoms with Crippen LogP contribution in [0.15, 0.2) is 36.4 Å². The number of halogens is 2. The molecule has 104 valence electrons. The Hall–Kier alpha value is -1.22. The molecule has 1 aliphatic rings. The molecule has 1 heterocycles. The predicted molar refractivity (Wildman–Crippen MR) is 85.1 cm³/mol. The van der Waals surface area contributed by atoms with Crippen LogP contribution in [0, 0.1) is 0 Å². The molecule has 0 fully saturated rings. The van der Waals surface area contributed by atoms with Gasteiger partial charge in [0.2, 0.25) is 0 Å². The maximum absolute atomic E-state index is 6.07. The number of nitrogen functional groups attached to an aromatic ring is 1. The van der Waals surface area contributed by atoms with Crippen molar-refractivity contribution in [1.82, 2.24) is 4.90 Å². The molecule has 0 saturated carbocycles. The fourth-order valence-electron chi connectivity index (χ4n) is 2.67. The van der Waals surface area contributed by atoms with Crippen LogP contribution in [0.2, 0.25) is 10.0 Å². The first-order valence-electron chi connectivity index (χ1n) is 6.65. The Kier molecular flexibility index (Phi) is 3.88. The zero-order valence-electron chi connectivity index (χ0n) is 11.1. The topological polar surface area (TPSA) is 29.3 Å². The van der Waals surface area contributed by atoms with Gasteiger partial charge < -0.3 is 5.73 Å². The maximum Gasteiger partial charge on any atom is 0.0595 e. The van der Waals surface area contributed by atoms with Gasteiger partial charge in [0.05, 0.1) is 10.0 Å². The van der Waals surface area contributed by atoms with E-state index in [1.54, 1.807) is 0 Å². The highest BCUT2D eigenvalue weighted by Crippen LogP contribution is 2.26. The van der Waals surface area contributed by atoms with Gasteiger partial charge in [0, 0.05) is 25.3 Å². The van der Waals surface area contributed by atoms with Gasteiger partial charge in [0.1, 0.15) is 0 Å². The standard InChI is InChI=1S/C16H16Cl2N2/c17-15-4-1-11(7-16(15)18)9-20-6-5-12-2-3-14(19)8-13(12)10-20/h1-4,7-8H,5-6,9-10,19H2. The smallest absolute Gasteiger partial charge is 0.0595 e. The quantitative estimate of drug-likeness (QED) is 0.845. The minimum Gasteiger partial charge on any atom is -0.399 e. The lowest BCUT2D eigenvalue weighted by molar-refractivity contribution is 0.245. The number of anilines is 1. The van der Waals surface area contributed by atoms with E-state index in [9.17, 15) is 0 Å². The van der Waals surface area contributed by atoms with Crippen molar-refractivity contribution in [3.05, 3.63) is 63.1 Å². The highest BCUT2D eigenvalue weighted by Gasteiger charge is 2.16. The van der Waals surface area contributed by atoms with Crippen molar-refractivity contribution in [2.24, 2.45) is 0 Å². The Labute approximate surface area is 129 Å². The van der Waals surface area contributed by atoms with E-state index in [2.05, 4.69) is 17.0 Å². The molecule has 4 heteroatoms. The Morgan fingerprint density at radius 2 is 1.85 bits per heavy atom. The number of rotatable bonds is 2. The van der Waals surface area contributed by atoms with Crippen molar-refractivity contribution in [3.63, 3.8) is 0 Å². The molecule has 2 aromatic rings. The van der Waals surface area contributed by atoms with E-state index in [1.165, 1.54) is 16.7 Å². The van der Waals surface area contributed by atoms with Crippen molar-refractivity contribution >= 4 is 28.9 Å². The molecule has 2 nitrogen and oxygen atoms in total. The zero-order valence-corrected chi connectivity index (χ0v) is 12.6. The van der Waals surface area contributed by atoms with Crippen molar-refractivity contribution in [2.75, 3.05) is 12.3 Å². The van der Waals surface area contributed by atoms with Gasteiger partial charge in [-0.05, 0) is 47.4 Å². The van der Waals surface area contributed by atoms with E-state index in [0.29, 0.717) is 10.0 Å². The summed E-state index contributed by atoms with van der Waals surface area (Å²) in [7, 11) is 0. The summed E-state index contributed by atoms with van der Waals surface area (Å²) in [5.74, 6) is 0. The summed E-state index contributed by atoms with van der Waals surface area (Å²) in [6.07, 6.45) is 1.07. The number of benzene rings is 2. The lowest BCUT2D eigenvalue weighted by Gasteiger charge is -2.29. The van der Waals surface area contributed by atoms with Crippen molar-refractivity contribution in [2.45, 2.75) is 19.5 Å². The van der Waals surface area contributed by atoms with Crippen molar-refractivity contribution in [1.29, 1.82) is 0 Å². The normalized spacial score (nSPS) is 15.1. The first-order valence-corrected chi connectivity index (χ1v) is 7.41. The molecule has 2 N–H and O–H groups in total. The molecule has 0 amide bonds. The van der Waals surface area contributed by atoms with Crippen LogP contribution in [0.1, 0.15) is 16.7 Å². The van der Waals surface area contributed by atoms with Crippen LogP contribution in [0.25, 0.3) is 0 Å². The molecule has 3 rings (SSSR count). The SMILES string of the molecule is Nc1ccc2c(c1)CN(Cc1ccc(Cl)c(Cl)c1)CC2. The number of nitrogens with two attached hydrogens (primary N) is 1. The number of fused-ring (bicyclic) bond motifs is 1. The van der Waals surface area contributed by atoms with Crippen LogP contribution >= 0.6 is 23.2 Å². The molecular weight excluding hydrogens is 291 g/mol. The molecule has 0 aromatic heterocycles. The Morgan fingerprint density at radius 1 is 1.00 bits per heavy atom. The third-order valence-corrected chi connectivity index (χ3v) is 4.45. The van der Waals surface area contributed by atoms with E-state index in [1.807, 2.05) is 24.3 Å². The van der Waals surface area contributed by atoms with Crippen LogP contribution in [-0.4, -0.2) is 11.4 Å². The second-order valence-corrected chi connectivity index (χ2v) is 6.05. The van der Waals surface area contributed by atoms with Crippen LogP contribution in [-0.2, 0) is 19.5 Å². The summed E-state index contributed by atoms with van der Waals surface area (Å²) < 4.78 is 0. The highest BCUT2D eigenvalue weighted by atomic mass is 35.5. The maximum atomic E-state index is 6.07. The predicted octanol–water partition coefficient (Wildman–Crippen LogP) is 4.13. The lowest BCUT2D eigenvalue weighted by Crippen LogP contribution is -2.30. The number of hydrogen-bond donors (Lipinski definition) is 1. The third kappa shape index (κ3) is 2.93. The summed E-state index contributed by atoms with van der Waals surface area (Å²) in [6.45, 7) is 2.86. The molecule has 1 aliphatic heterocycles. The van der Waals surface area contributed by atoms with E-state index in [4.69, 9.17) is 28.9 Å². The highest BCUT2D eigenvalue weighted by molar-refractivity contribution is 6.42. The fourth-order valence-corrected chi connectivity index (χ4v) is 2.99. The first kappa shape index (κ1) is 13.7. The van der Waals surface area contributed by atoms with Gasteiger partial charge in [0.15, 0.2) is 0 Å². The van der Waals surface area contributed by atoms with Gasteiger partial charge in [-0.15, -0.1) is 0 Å². The van der Waals surface area contributed by atoms with Gasteiger partial charge in [-0.3, -0.25) is 4.90 Å². The van der Waals surface area contributed by atoms with Gasteiger partial charge in [-0.1, -0.05) is 35.3 Å². The van der Waals surface area contributed by atoms with Gasteiger partial charge in [0.25, 0.3) is 0 Å². The molecular formula is C16H16Cl2N2. The van der Waals surface area contributed by atoms with Gasteiger partial charge in [-0.2, -0.15) is 0 Å². The zero-order chi connectivity index (χ0) is 14.1. The first-order chi connectivity index (χ1) is 9.61. The summed E-state index contributed by atoms with van der Waals surface area (Å²) >= 11 is 12.0. The van der Waals surface area contributed by atoms with E-state index < -0.39 is 0 Å². The van der Waals surface area contributed by atoms with Crippen molar-refractivity contribution in [3.8, 4) is 0 Å². The average Bonchev–Trinajstić information content (AvgIpc) is 2.42. The fraction of sp³-hybridized carbons (Fsp3) is 0.250. The van der Waals surface area contributed by atoms with Crippen LogP contribution < -0.4 is 5.73 Å². The lowest BCUT2D eigenvalue weighted by atomic mass is 9.99. The summed E-state index contributed by atoms with van der Waals surface area (Å²) in [5, 5.41) is 1.22. The number of nitrogens with zero attached hydrogens (tertiary/aromatic N) is 1. The van der Waals surface area contributed by atoms with Crippen molar-refractivity contribution < 1.29 is 0 Å². The molecule has 0 spiro atoms. The van der Waals surface area contributed by atoms with Gasteiger partial charge in [-0.25, -0.2) is 0 Å². The molecule has 0 atom stereocenters. The largest absolute Gasteiger partial charge is 0.399 e. The second kappa shape index (κ2) is 5.65. The molecule has 20 heavy (non-hydrogen) atoms. The summed E-state index contributed by atoms with van der Waals surface area (Å²) in [4.78, 5) is 2.40. The third-order valence-electron chi connectivity index (χ3n) is 3.71. The number of hydrogen-bond acceptors (Lipinski definition) is 2. The van der Waals surface area contributed by atoms with E-state index in [-0.39, 0.29) is 0 Å². The molecule has 0 bridgehead atoms. The molecule has 0 saturated heterocycles. The average molecular weight is 307 g/mol. The second-order valence-electron chi connectivity index (χ2n) is 5.24. The minimum absolute atomic E-state index is 0.604. The Balaban J connectivity index is 1.75. The van der Waals surface area contributed by atoms with E-state index >= 15 is 0 Å². The monoisotopic (exact) mass is 306 g/mol. The summed E-state index contributed by atoms with van der Waals surface area (Å²) in [6, 6.07) is 12.0. The van der Waals surface area contributed by atoms with Crippen LogP contribution in [0.3, 0.4) is 0 Å². The Bertz CT molecular complexity index is 640. The molecule has 0 aliphatic carbocycles.